The number of rotatable bonds is 3. The molecule has 2 heterocycles. The monoisotopic (exact) mass is 435 g/mol. The van der Waals surface area contributed by atoms with Crippen LogP contribution in [0.2, 0.25) is 0 Å². The number of benzene rings is 1. The molecule has 8 heteroatoms. The Morgan fingerprint density at radius 1 is 1.06 bits per heavy atom. The fourth-order valence-electron chi connectivity index (χ4n) is 4.87. The van der Waals surface area contributed by atoms with E-state index in [0.29, 0.717) is 41.3 Å². The van der Waals surface area contributed by atoms with Crippen LogP contribution in [0.1, 0.15) is 51.4 Å². The number of methoxy groups -OCH3 is 1. The number of esters is 1. The van der Waals surface area contributed by atoms with Gasteiger partial charge in [0.05, 0.1) is 23.7 Å². The SMILES string of the molecule is COC(=O)C1=C(n2c(=O)c(=O)[nH]c3ccccc32)CCN(C2CCCCCCC2)C1.[NaH]. The van der Waals surface area contributed by atoms with E-state index in [1.165, 1.54) is 43.8 Å². The van der Waals surface area contributed by atoms with Crippen LogP contribution in [0, 0.1) is 0 Å². The number of ether oxygens (including phenoxy) is 1. The van der Waals surface area contributed by atoms with Crippen molar-refractivity contribution < 1.29 is 9.53 Å². The van der Waals surface area contributed by atoms with Crippen LogP contribution in [0.3, 0.4) is 0 Å². The molecular formula is C23H30N3NaO4. The predicted octanol–water partition coefficient (Wildman–Crippen LogP) is 2.24. The van der Waals surface area contributed by atoms with Crippen molar-refractivity contribution in [2.24, 2.45) is 0 Å². The van der Waals surface area contributed by atoms with E-state index >= 15 is 0 Å². The van der Waals surface area contributed by atoms with E-state index in [1.54, 1.807) is 18.2 Å². The zero-order chi connectivity index (χ0) is 21.1. The summed E-state index contributed by atoms with van der Waals surface area (Å²) >= 11 is 0. The van der Waals surface area contributed by atoms with Crippen molar-refractivity contribution in [3.05, 3.63) is 50.5 Å². The van der Waals surface area contributed by atoms with Crippen molar-refractivity contribution in [1.82, 2.24) is 14.5 Å². The fraction of sp³-hybridized carbons (Fsp3) is 0.522. The molecule has 0 bridgehead atoms. The molecule has 2 aliphatic rings. The Hall–Kier alpha value is -1.67. The maximum atomic E-state index is 12.8. The Morgan fingerprint density at radius 3 is 2.45 bits per heavy atom. The van der Waals surface area contributed by atoms with Crippen LogP contribution in [-0.2, 0) is 9.53 Å². The minimum atomic E-state index is -0.687. The number of carbonyl (C=O) groups is 1. The van der Waals surface area contributed by atoms with E-state index < -0.39 is 17.1 Å². The molecule has 2 aromatic rings. The summed E-state index contributed by atoms with van der Waals surface area (Å²) in [5.74, 6) is -0.434. The van der Waals surface area contributed by atoms with Crippen LogP contribution in [0.4, 0.5) is 0 Å². The molecule has 1 aliphatic heterocycles. The van der Waals surface area contributed by atoms with E-state index in [2.05, 4.69) is 9.88 Å². The molecule has 1 saturated carbocycles. The normalized spacial score (nSPS) is 18.9. The van der Waals surface area contributed by atoms with Crippen LogP contribution in [0.25, 0.3) is 16.7 Å². The van der Waals surface area contributed by atoms with E-state index in [0.717, 1.165) is 19.4 Å². The van der Waals surface area contributed by atoms with Crippen LogP contribution < -0.4 is 11.1 Å². The molecule has 1 fully saturated rings. The fourth-order valence-corrected chi connectivity index (χ4v) is 4.87. The van der Waals surface area contributed by atoms with Gasteiger partial charge >= 0.3 is 46.6 Å². The summed E-state index contributed by atoms with van der Waals surface area (Å²) in [4.78, 5) is 42.8. The van der Waals surface area contributed by atoms with Gasteiger partial charge in [-0.15, -0.1) is 0 Å². The number of nitrogens with one attached hydrogen (secondary N) is 1. The zero-order valence-electron chi connectivity index (χ0n) is 17.5. The van der Waals surface area contributed by atoms with Crippen molar-refractivity contribution in [2.75, 3.05) is 20.2 Å². The number of fused-ring (bicyclic) bond motifs is 1. The first-order valence-corrected chi connectivity index (χ1v) is 10.9. The van der Waals surface area contributed by atoms with Gasteiger partial charge in [-0.1, -0.05) is 44.2 Å². The third kappa shape index (κ3) is 5.06. The third-order valence-corrected chi connectivity index (χ3v) is 6.43. The number of hydrogen-bond acceptors (Lipinski definition) is 5. The van der Waals surface area contributed by atoms with Crippen molar-refractivity contribution in [2.45, 2.75) is 57.4 Å². The molecule has 0 atom stereocenters. The van der Waals surface area contributed by atoms with Crippen molar-refractivity contribution in [1.29, 1.82) is 0 Å². The van der Waals surface area contributed by atoms with Gasteiger partial charge in [-0.25, -0.2) is 4.79 Å². The molecule has 31 heavy (non-hydrogen) atoms. The molecule has 7 nitrogen and oxygen atoms in total. The van der Waals surface area contributed by atoms with Gasteiger partial charge in [0.1, 0.15) is 0 Å². The molecule has 0 radical (unpaired) electrons. The minimum absolute atomic E-state index is 0. The molecule has 1 aromatic carbocycles. The summed E-state index contributed by atoms with van der Waals surface area (Å²) in [6.45, 7) is 1.20. The van der Waals surface area contributed by atoms with Gasteiger partial charge in [0.15, 0.2) is 0 Å². The molecule has 0 unspecified atom stereocenters. The van der Waals surface area contributed by atoms with Crippen molar-refractivity contribution in [3.8, 4) is 0 Å². The molecule has 0 spiro atoms. The molecular weight excluding hydrogens is 405 g/mol. The van der Waals surface area contributed by atoms with E-state index in [1.807, 2.05) is 6.07 Å². The molecule has 1 aromatic heterocycles. The average Bonchev–Trinajstić information content (AvgIpc) is 2.74. The van der Waals surface area contributed by atoms with Gasteiger partial charge in [0, 0.05) is 31.2 Å². The van der Waals surface area contributed by atoms with Crippen LogP contribution >= 0.6 is 0 Å². The van der Waals surface area contributed by atoms with E-state index in [9.17, 15) is 14.4 Å². The standard InChI is InChI=1S/C23H29N3O4.Na.H/c1-30-23(29)17-15-25(16-9-5-3-2-4-6-10-16)14-13-19(17)26-20-12-8-7-11-18(20)24-21(27)22(26)28;;/h7-8,11-12,16H,2-6,9-10,13-15H2,1H3,(H,24,27);;. The van der Waals surface area contributed by atoms with Gasteiger partial charge in [0.2, 0.25) is 0 Å². The first-order valence-electron chi connectivity index (χ1n) is 10.9. The molecule has 1 N–H and O–H groups in total. The maximum absolute atomic E-state index is 12.8. The van der Waals surface area contributed by atoms with Gasteiger partial charge in [0.25, 0.3) is 0 Å². The van der Waals surface area contributed by atoms with Crippen molar-refractivity contribution in [3.63, 3.8) is 0 Å². The quantitative estimate of drug-likeness (QED) is 0.454. The number of hydrogen-bond donors (Lipinski definition) is 1. The average molecular weight is 436 g/mol. The number of carbonyl (C=O) groups excluding carboxylic acids is 1. The second kappa shape index (κ2) is 10.8. The third-order valence-electron chi connectivity index (χ3n) is 6.43. The summed E-state index contributed by atoms with van der Waals surface area (Å²) in [5.41, 5.74) is 0.872. The Morgan fingerprint density at radius 2 is 1.74 bits per heavy atom. The number of para-hydroxylation sites is 2. The molecule has 162 valence electrons. The summed E-state index contributed by atoms with van der Waals surface area (Å²) in [6.07, 6.45) is 9.06. The summed E-state index contributed by atoms with van der Waals surface area (Å²) in [6, 6.07) is 7.61. The molecule has 1 aliphatic carbocycles. The van der Waals surface area contributed by atoms with E-state index in [4.69, 9.17) is 4.74 Å². The predicted molar refractivity (Wildman–Crippen MR) is 124 cm³/mol. The molecule has 4 rings (SSSR count). The van der Waals surface area contributed by atoms with Crippen molar-refractivity contribution >= 4 is 52.3 Å². The number of aromatic nitrogens is 2. The Labute approximate surface area is 203 Å². The summed E-state index contributed by atoms with van der Waals surface area (Å²) in [7, 11) is 1.36. The van der Waals surface area contributed by atoms with Crippen LogP contribution in [-0.4, -0.2) is 76.2 Å². The van der Waals surface area contributed by atoms with Gasteiger partial charge in [-0.05, 0) is 25.0 Å². The second-order valence-electron chi connectivity index (χ2n) is 8.25. The van der Waals surface area contributed by atoms with E-state index in [-0.39, 0.29) is 29.6 Å². The first kappa shape index (κ1) is 24.0. The Kier molecular flexibility index (Phi) is 8.33. The topological polar surface area (TPSA) is 84.4 Å². The van der Waals surface area contributed by atoms with Gasteiger partial charge in [-0.2, -0.15) is 0 Å². The number of nitrogens with zero attached hydrogens (tertiary/aromatic N) is 2. The second-order valence-corrected chi connectivity index (χ2v) is 8.25. The van der Waals surface area contributed by atoms with Crippen LogP contribution in [0.5, 0.6) is 0 Å². The number of aromatic amines is 1. The zero-order valence-corrected chi connectivity index (χ0v) is 17.5. The first-order chi connectivity index (χ1) is 14.6. The van der Waals surface area contributed by atoms with Gasteiger partial charge in [-0.3, -0.25) is 19.1 Å². The Balaban J connectivity index is 0.00000272. The Bertz CT molecular complexity index is 1080. The molecule has 0 amide bonds. The summed E-state index contributed by atoms with van der Waals surface area (Å²) < 4.78 is 6.49. The molecule has 0 saturated heterocycles. The van der Waals surface area contributed by atoms with Gasteiger partial charge < -0.3 is 9.72 Å². The summed E-state index contributed by atoms with van der Waals surface area (Å²) in [5, 5.41) is 0. The number of H-pyrrole nitrogens is 1. The van der Waals surface area contributed by atoms with Crippen LogP contribution in [0.15, 0.2) is 39.4 Å².